The highest BCUT2D eigenvalue weighted by molar-refractivity contribution is 5.81. The van der Waals surface area contributed by atoms with E-state index in [1.165, 1.54) is 0 Å². The molecule has 0 aliphatic heterocycles. The van der Waals surface area contributed by atoms with Gasteiger partial charge in [0.25, 0.3) is 0 Å². The van der Waals surface area contributed by atoms with E-state index in [9.17, 15) is 0 Å². The Bertz CT molecular complexity index is 160. The van der Waals surface area contributed by atoms with Gasteiger partial charge in [-0.05, 0) is 6.42 Å². The summed E-state index contributed by atoms with van der Waals surface area (Å²) in [5.74, 6) is 0. The van der Waals surface area contributed by atoms with Crippen LogP contribution >= 0.6 is 0 Å². The molecule has 0 aliphatic carbocycles. The van der Waals surface area contributed by atoms with E-state index in [1.54, 1.807) is 0 Å². The fourth-order valence-electron chi connectivity index (χ4n) is 0.866. The van der Waals surface area contributed by atoms with Crippen molar-refractivity contribution in [2.45, 2.75) is 38.7 Å². The van der Waals surface area contributed by atoms with E-state index < -0.39 is 6.10 Å². The second-order valence-electron chi connectivity index (χ2n) is 2.57. The van der Waals surface area contributed by atoms with Crippen molar-refractivity contribution in [1.82, 2.24) is 0 Å². The highest BCUT2D eigenvalue weighted by Crippen LogP contribution is 2.01. The number of rotatable bonds is 5. The van der Waals surface area contributed by atoms with Crippen molar-refractivity contribution in [1.29, 1.82) is 10.7 Å². The first kappa shape index (κ1) is 10.1. The summed E-state index contributed by atoms with van der Waals surface area (Å²) >= 11 is 0. The second kappa shape index (κ2) is 5.87. The summed E-state index contributed by atoms with van der Waals surface area (Å²) < 4.78 is 0. The minimum Gasteiger partial charge on any atom is -0.392 e. The van der Waals surface area contributed by atoms with Crippen molar-refractivity contribution in [3.8, 4) is 6.07 Å². The summed E-state index contributed by atoms with van der Waals surface area (Å²) in [4.78, 5) is 0. The maximum atomic E-state index is 9.08. The normalized spacial score (nSPS) is 12.1. The largest absolute Gasteiger partial charge is 0.392 e. The molecule has 2 N–H and O–H groups in total. The van der Waals surface area contributed by atoms with Crippen molar-refractivity contribution in [2.75, 3.05) is 0 Å². The quantitative estimate of drug-likeness (QED) is 0.589. The minimum absolute atomic E-state index is 0.131. The van der Waals surface area contributed by atoms with Crippen molar-refractivity contribution < 1.29 is 5.11 Å². The molecule has 1 atom stereocenters. The molecular weight excluding hydrogens is 140 g/mol. The van der Waals surface area contributed by atoms with Crippen LogP contribution < -0.4 is 0 Å². The summed E-state index contributed by atoms with van der Waals surface area (Å²) in [7, 11) is 0. The summed E-state index contributed by atoms with van der Waals surface area (Å²) in [5.41, 5.74) is 0.537. The summed E-state index contributed by atoms with van der Waals surface area (Å²) in [6.45, 7) is 1.99. The van der Waals surface area contributed by atoms with Gasteiger partial charge in [-0.25, -0.2) is 0 Å². The van der Waals surface area contributed by atoms with Gasteiger partial charge in [-0.3, -0.25) is 0 Å². The predicted octanol–water partition coefficient (Wildman–Crippen LogP) is 1.47. The van der Waals surface area contributed by atoms with Gasteiger partial charge in [0.05, 0.1) is 18.6 Å². The van der Waals surface area contributed by atoms with Crippen LogP contribution in [0.4, 0.5) is 0 Å². The average Bonchev–Trinajstić information content (AvgIpc) is 1.87. The third-order valence-electron chi connectivity index (χ3n) is 1.36. The van der Waals surface area contributed by atoms with E-state index in [0.717, 1.165) is 12.8 Å². The average molecular weight is 154 g/mol. The number of aliphatic hydroxyl groups is 1. The molecule has 0 bridgehead atoms. The lowest BCUT2D eigenvalue weighted by Crippen LogP contribution is -2.11. The molecule has 0 rings (SSSR count). The van der Waals surface area contributed by atoms with Crippen LogP contribution in [-0.4, -0.2) is 16.9 Å². The summed E-state index contributed by atoms with van der Waals surface area (Å²) in [6, 6.07) is 1.87. The third kappa shape index (κ3) is 5.56. The Morgan fingerprint density at radius 3 is 2.82 bits per heavy atom. The lowest BCUT2D eigenvalue weighted by Gasteiger charge is -2.05. The monoisotopic (exact) mass is 154 g/mol. The molecule has 0 aromatic heterocycles. The molecule has 11 heavy (non-hydrogen) atoms. The molecule has 0 aromatic rings. The van der Waals surface area contributed by atoms with Crippen LogP contribution in [0.2, 0.25) is 0 Å². The van der Waals surface area contributed by atoms with E-state index in [1.807, 2.05) is 13.0 Å². The van der Waals surface area contributed by atoms with Crippen LogP contribution in [0.15, 0.2) is 0 Å². The molecule has 0 saturated carbocycles. The van der Waals surface area contributed by atoms with Gasteiger partial charge in [0.15, 0.2) is 0 Å². The fraction of sp³-hybridized carbons (Fsp3) is 0.750. The molecule has 1 unspecified atom stereocenters. The topological polar surface area (TPSA) is 67.9 Å². The smallest absolute Gasteiger partial charge is 0.0721 e. The van der Waals surface area contributed by atoms with Crippen LogP contribution in [0.3, 0.4) is 0 Å². The fourth-order valence-corrected chi connectivity index (χ4v) is 0.866. The SMILES string of the molecule is CCCC(=N)CC(O)CC#N. The molecule has 0 aromatic carbocycles. The van der Waals surface area contributed by atoms with Crippen LogP contribution in [0.25, 0.3) is 0 Å². The standard InChI is InChI=1S/C8H14N2O/c1-2-3-7(10)6-8(11)4-5-9/h8,10-11H,2-4,6H2,1H3. The van der Waals surface area contributed by atoms with Gasteiger partial charge in [-0.15, -0.1) is 0 Å². The number of hydrogen-bond donors (Lipinski definition) is 2. The zero-order chi connectivity index (χ0) is 8.69. The van der Waals surface area contributed by atoms with Crippen molar-refractivity contribution in [3.63, 3.8) is 0 Å². The van der Waals surface area contributed by atoms with Crippen molar-refractivity contribution in [3.05, 3.63) is 0 Å². The first-order chi connectivity index (χ1) is 5.20. The summed E-state index contributed by atoms with van der Waals surface area (Å²) in [6.07, 6.45) is 1.49. The Kier molecular flexibility index (Phi) is 5.40. The van der Waals surface area contributed by atoms with Crippen LogP contribution in [0.5, 0.6) is 0 Å². The molecule has 0 heterocycles. The second-order valence-corrected chi connectivity index (χ2v) is 2.57. The van der Waals surface area contributed by atoms with Crippen molar-refractivity contribution >= 4 is 5.71 Å². The van der Waals surface area contributed by atoms with Gasteiger partial charge >= 0.3 is 0 Å². The molecule has 0 saturated heterocycles. The van der Waals surface area contributed by atoms with E-state index in [-0.39, 0.29) is 6.42 Å². The Labute approximate surface area is 67.2 Å². The minimum atomic E-state index is -0.640. The Morgan fingerprint density at radius 2 is 2.36 bits per heavy atom. The van der Waals surface area contributed by atoms with Gasteiger partial charge in [-0.2, -0.15) is 5.26 Å². The Balaban J connectivity index is 3.50. The highest BCUT2D eigenvalue weighted by atomic mass is 16.3. The molecule has 0 fully saturated rings. The highest BCUT2D eigenvalue weighted by Gasteiger charge is 2.05. The van der Waals surface area contributed by atoms with E-state index in [4.69, 9.17) is 15.8 Å². The molecule has 62 valence electrons. The first-order valence-corrected chi connectivity index (χ1v) is 3.82. The van der Waals surface area contributed by atoms with Gasteiger partial charge in [0.2, 0.25) is 0 Å². The number of hydrogen-bond acceptors (Lipinski definition) is 3. The molecule has 3 nitrogen and oxygen atoms in total. The zero-order valence-corrected chi connectivity index (χ0v) is 6.80. The zero-order valence-electron chi connectivity index (χ0n) is 6.80. The number of nitrogens with one attached hydrogen (secondary N) is 1. The lowest BCUT2D eigenvalue weighted by molar-refractivity contribution is 0.187. The third-order valence-corrected chi connectivity index (χ3v) is 1.36. The Hall–Kier alpha value is -0.880. The van der Waals surface area contributed by atoms with Gasteiger partial charge in [0.1, 0.15) is 0 Å². The maximum Gasteiger partial charge on any atom is 0.0721 e. The first-order valence-electron chi connectivity index (χ1n) is 3.82. The van der Waals surface area contributed by atoms with Gasteiger partial charge in [0, 0.05) is 12.1 Å². The molecular formula is C8H14N2O. The molecule has 0 aliphatic rings. The van der Waals surface area contributed by atoms with Crippen LogP contribution in [0, 0.1) is 16.7 Å². The van der Waals surface area contributed by atoms with Crippen molar-refractivity contribution in [2.24, 2.45) is 0 Å². The van der Waals surface area contributed by atoms with E-state index in [0.29, 0.717) is 12.1 Å². The maximum absolute atomic E-state index is 9.08. The lowest BCUT2D eigenvalue weighted by atomic mass is 10.1. The number of aliphatic hydroxyl groups excluding tert-OH is 1. The predicted molar refractivity (Wildman–Crippen MR) is 43.5 cm³/mol. The van der Waals surface area contributed by atoms with E-state index >= 15 is 0 Å². The summed E-state index contributed by atoms with van der Waals surface area (Å²) in [5, 5.41) is 24.6. The Morgan fingerprint density at radius 1 is 1.73 bits per heavy atom. The molecule has 0 amide bonds. The van der Waals surface area contributed by atoms with Gasteiger partial charge in [-0.1, -0.05) is 13.3 Å². The molecule has 3 heteroatoms. The number of nitrogens with zero attached hydrogens (tertiary/aromatic N) is 1. The van der Waals surface area contributed by atoms with Gasteiger partial charge < -0.3 is 10.5 Å². The van der Waals surface area contributed by atoms with E-state index in [2.05, 4.69) is 0 Å². The van der Waals surface area contributed by atoms with Crippen LogP contribution in [-0.2, 0) is 0 Å². The molecule has 0 spiro atoms. The van der Waals surface area contributed by atoms with Crippen LogP contribution in [0.1, 0.15) is 32.6 Å². The molecule has 0 radical (unpaired) electrons. The number of nitriles is 1.